The molecule has 0 heterocycles. The highest BCUT2D eigenvalue weighted by Gasteiger charge is 2.35. The third kappa shape index (κ3) is 3.04. The zero-order chi connectivity index (χ0) is 11.6. The van der Waals surface area contributed by atoms with Gasteiger partial charge in [0.15, 0.2) is 0 Å². The summed E-state index contributed by atoms with van der Waals surface area (Å²) in [6.07, 6.45) is 2.61. The van der Waals surface area contributed by atoms with Crippen molar-refractivity contribution in [3.8, 4) is 0 Å². The van der Waals surface area contributed by atoms with Crippen LogP contribution in [0.2, 0.25) is 0 Å². The summed E-state index contributed by atoms with van der Waals surface area (Å²) in [7, 11) is 0. The van der Waals surface area contributed by atoms with Crippen molar-refractivity contribution in [3.05, 3.63) is 0 Å². The highest BCUT2D eigenvalue weighted by Crippen LogP contribution is 2.30. The van der Waals surface area contributed by atoms with Crippen LogP contribution in [0.1, 0.15) is 53.9 Å². The van der Waals surface area contributed by atoms with Gasteiger partial charge in [0.2, 0.25) is 0 Å². The van der Waals surface area contributed by atoms with Crippen molar-refractivity contribution in [1.29, 1.82) is 0 Å². The summed E-state index contributed by atoms with van der Waals surface area (Å²) in [5, 5.41) is 0. The first-order valence-electron chi connectivity index (χ1n) is 6.14. The molecule has 2 heteroatoms. The van der Waals surface area contributed by atoms with E-state index >= 15 is 0 Å². The van der Waals surface area contributed by atoms with Gasteiger partial charge in [0.05, 0.1) is 0 Å². The van der Waals surface area contributed by atoms with Gasteiger partial charge in [-0.25, -0.2) is 0 Å². The van der Waals surface area contributed by atoms with E-state index < -0.39 is 0 Å². The Morgan fingerprint density at radius 2 is 2.00 bits per heavy atom. The number of carbonyl (C=O) groups is 1. The number of ketones is 1. The Bertz CT molecular complexity index is 229. The second-order valence-corrected chi connectivity index (χ2v) is 5.78. The molecule has 15 heavy (non-hydrogen) atoms. The Morgan fingerprint density at radius 3 is 2.47 bits per heavy atom. The minimum absolute atomic E-state index is 0.172. The van der Waals surface area contributed by atoms with E-state index in [9.17, 15) is 4.79 Å². The van der Waals surface area contributed by atoms with Crippen LogP contribution >= 0.6 is 0 Å². The van der Waals surface area contributed by atoms with Gasteiger partial charge in [0, 0.05) is 24.4 Å². The number of hydrogen-bond acceptors (Lipinski definition) is 2. The molecule has 0 spiro atoms. The van der Waals surface area contributed by atoms with Gasteiger partial charge in [-0.3, -0.25) is 9.69 Å². The Morgan fingerprint density at radius 1 is 1.40 bits per heavy atom. The molecule has 0 amide bonds. The molecule has 88 valence electrons. The Hall–Kier alpha value is -0.370. The molecule has 0 radical (unpaired) electrons. The topological polar surface area (TPSA) is 20.3 Å². The van der Waals surface area contributed by atoms with E-state index in [0.29, 0.717) is 17.7 Å². The number of rotatable bonds is 2. The van der Waals surface area contributed by atoms with Crippen LogP contribution in [0.4, 0.5) is 0 Å². The number of Topliss-reactive ketones (excluding diaryl/α,β-unsaturated/α-hetero) is 1. The maximum absolute atomic E-state index is 11.5. The SMILES string of the molecule is CCN(C1CC(=O)CCC1C)C(C)(C)C. The Kier molecular flexibility index (Phi) is 3.93. The van der Waals surface area contributed by atoms with Gasteiger partial charge in [-0.05, 0) is 39.7 Å². The van der Waals surface area contributed by atoms with E-state index in [2.05, 4.69) is 39.5 Å². The molecule has 0 bridgehead atoms. The van der Waals surface area contributed by atoms with Crippen molar-refractivity contribution in [2.75, 3.05) is 6.54 Å². The minimum Gasteiger partial charge on any atom is -0.300 e. The predicted octanol–water partition coefficient (Wildman–Crippen LogP) is 2.86. The number of nitrogens with zero attached hydrogens (tertiary/aromatic N) is 1. The fraction of sp³-hybridized carbons (Fsp3) is 0.923. The molecule has 0 saturated heterocycles. The molecule has 2 unspecified atom stereocenters. The van der Waals surface area contributed by atoms with Gasteiger partial charge in [-0.2, -0.15) is 0 Å². The van der Waals surface area contributed by atoms with E-state index in [4.69, 9.17) is 0 Å². The van der Waals surface area contributed by atoms with Gasteiger partial charge in [0.1, 0.15) is 5.78 Å². The molecule has 0 aliphatic heterocycles. The second kappa shape index (κ2) is 4.65. The first-order valence-corrected chi connectivity index (χ1v) is 6.14. The highest BCUT2D eigenvalue weighted by molar-refractivity contribution is 5.79. The van der Waals surface area contributed by atoms with Crippen LogP contribution in [-0.4, -0.2) is 28.8 Å². The third-order valence-corrected chi connectivity index (χ3v) is 3.57. The molecule has 2 nitrogen and oxygen atoms in total. The molecule has 1 saturated carbocycles. The summed E-state index contributed by atoms with van der Waals surface area (Å²) in [6, 6.07) is 0.455. The number of hydrogen-bond donors (Lipinski definition) is 0. The van der Waals surface area contributed by atoms with Gasteiger partial charge < -0.3 is 0 Å². The van der Waals surface area contributed by atoms with Gasteiger partial charge in [-0.1, -0.05) is 13.8 Å². The van der Waals surface area contributed by atoms with Crippen LogP contribution < -0.4 is 0 Å². The van der Waals surface area contributed by atoms with Crippen LogP contribution in [0, 0.1) is 5.92 Å². The van der Waals surface area contributed by atoms with E-state index in [0.717, 1.165) is 25.8 Å². The summed E-state index contributed by atoms with van der Waals surface area (Å²) in [5.41, 5.74) is 0.172. The highest BCUT2D eigenvalue weighted by atomic mass is 16.1. The lowest BCUT2D eigenvalue weighted by Gasteiger charge is -2.45. The number of carbonyl (C=O) groups excluding carboxylic acids is 1. The van der Waals surface area contributed by atoms with Gasteiger partial charge in [-0.15, -0.1) is 0 Å². The minimum atomic E-state index is 0.172. The maximum Gasteiger partial charge on any atom is 0.134 e. The van der Waals surface area contributed by atoms with Crippen LogP contribution in [0.5, 0.6) is 0 Å². The molecule has 1 aliphatic rings. The molecule has 0 aromatic heterocycles. The normalized spacial score (nSPS) is 28.5. The summed E-state index contributed by atoms with van der Waals surface area (Å²) in [5.74, 6) is 1.10. The fourth-order valence-corrected chi connectivity index (χ4v) is 2.74. The quantitative estimate of drug-likeness (QED) is 0.700. The molecular formula is C13H25NO. The van der Waals surface area contributed by atoms with Crippen LogP contribution in [0.15, 0.2) is 0 Å². The first-order chi connectivity index (χ1) is 6.86. The first kappa shape index (κ1) is 12.7. The molecule has 1 aliphatic carbocycles. The van der Waals surface area contributed by atoms with Crippen molar-refractivity contribution in [2.24, 2.45) is 5.92 Å². The van der Waals surface area contributed by atoms with Crippen molar-refractivity contribution < 1.29 is 4.79 Å². The zero-order valence-electron chi connectivity index (χ0n) is 10.8. The lowest BCUT2D eigenvalue weighted by Crippen LogP contribution is -2.52. The summed E-state index contributed by atoms with van der Waals surface area (Å²) in [4.78, 5) is 14.0. The lowest BCUT2D eigenvalue weighted by molar-refractivity contribution is -0.124. The van der Waals surface area contributed by atoms with E-state index in [-0.39, 0.29) is 5.54 Å². The molecule has 1 fully saturated rings. The van der Waals surface area contributed by atoms with E-state index in [1.165, 1.54) is 0 Å². The average molecular weight is 211 g/mol. The van der Waals surface area contributed by atoms with Gasteiger partial charge in [0.25, 0.3) is 0 Å². The Labute approximate surface area is 94.0 Å². The molecule has 0 aromatic rings. The Balaban J connectivity index is 2.78. The van der Waals surface area contributed by atoms with Crippen molar-refractivity contribution >= 4 is 5.78 Å². The van der Waals surface area contributed by atoms with Crippen molar-refractivity contribution in [2.45, 2.75) is 65.5 Å². The van der Waals surface area contributed by atoms with E-state index in [1.807, 2.05) is 0 Å². The smallest absolute Gasteiger partial charge is 0.134 e. The van der Waals surface area contributed by atoms with Crippen molar-refractivity contribution in [3.63, 3.8) is 0 Å². The molecule has 2 atom stereocenters. The molecule has 0 N–H and O–H groups in total. The predicted molar refractivity (Wildman–Crippen MR) is 63.9 cm³/mol. The summed E-state index contributed by atoms with van der Waals surface area (Å²) >= 11 is 0. The molecule has 0 aromatic carbocycles. The second-order valence-electron chi connectivity index (χ2n) is 5.78. The van der Waals surface area contributed by atoms with Crippen LogP contribution in [0.25, 0.3) is 0 Å². The maximum atomic E-state index is 11.5. The monoisotopic (exact) mass is 211 g/mol. The largest absolute Gasteiger partial charge is 0.300 e. The zero-order valence-corrected chi connectivity index (χ0v) is 10.8. The third-order valence-electron chi connectivity index (χ3n) is 3.57. The standard InChI is InChI=1S/C13H25NO/c1-6-14(13(3,4)5)12-9-11(15)8-7-10(12)2/h10,12H,6-9H2,1-5H3. The van der Waals surface area contributed by atoms with Crippen molar-refractivity contribution in [1.82, 2.24) is 4.90 Å². The van der Waals surface area contributed by atoms with E-state index in [1.54, 1.807) is 0 Å². The molecule has 1 rings (SSSR count). The summed E-state index contributed by atoms with van der Waals surface area (Å²) < 4.78 is 0. The van der Waals surface area contributed by atoms with Crippen LogP contribution in [0.3, 0.4) is 0 Å². The lowest BCUT2D eigenvalue weighted by atomic mass is 9.82. The van der Waals surface area contributed by atoms with Crippen LogP contribution in [-0.2, 0) is 4.79 Å². The fourth-order valence-electron chi connectivity index (χ4n) is 2.74. The molecular weight excluding hydrogens is 186 g/mol. The average Bonchev–Trinajstić information content (AvgIpc) is 2.10. The van der Waals surface area contributed by atoms with Gasteiger partial charge >= 0.3 is 0 Å². The summed E-state index contributed by atoms with van der Waals surface area (Å²) in [6.45, 7) is 12.2.